The van der Waals surface area contributed by atoms with Gasteiger partial charge >= 0.3 is 0 Å². The van der Waals surface area contributed by atoms with E-state index in [1.54, 1.807) is 0 Å². The molecule has 0 amide bonds. The molecule has 2 atom stereocenters. The van der Waals surface area contributed by atoms with Gasteiger partial charge < -0.3 is 5.32 Å². The highest BCUT2D eigenvalue weighted by Gasteiger charge is 2.33. The molecular formula is C12H22ClN. The van der Waals surface area contributed by atoms with Gasteiger partial charge in [-0.2, -0.15) is 0 Å². The Morgan fingerprint density at radius 1 is 1.21 bits per heavy atom. The van der Waals surface area contributed by atoms with Crippen LogP contribution in [0, 0.1) is 5.41 Å². The van der Waals surface area contributed by atoms with E-state index < -0.39 is 0 Å². The molecule has 1 nitrogen and oxygen atoms in total. The molecule has 0 radical (unpaired) electrons. The predicted octanol–water partition coefficient (Wildman–Crippen LogP) is 3.32. The van der Waals surface area contributed by atoms with E-state index in [4.69, 9.17) is 11.6 Å². The smallest absolute Gasteiger partial charge is 0.0489 e. The standard InChI is InChI=1S/C12H22ClN/c1-12(7-4-8-12)9-14-11-6-3-2-5-10(11)13/h10-11,14H,2-9H2,1H3. The Balaban J connectivity index is 1.73. The molecular weight excluding hydrogens is 194 g/mol. The highest BCUT2D eigenvalue weighted by Crippen LogP contribution is 2.39. The Hall–Kier alpha value is 0.250. The molecule has 2 rings (SSSR count). The number of hydrogen-bond acceptors (Lipinski definition) is 1. The van der Waals surface area contributed by atoms with Crippen LogP contribution >= 0.6 is 11.6 Å². The second-order valence-electron chi connectivity index (χ2n) is 5.45. The zero-order chi connectivity index (χ0) is 10.0. The first-order chi connectivity index (χ1) is 6.70. The molecule has 0 bridgehead atoms. The lowest BCUT2D eigenvalue weighted by Gasteiger charge is -2.41. The highest BCUT2D eigenvalue weighted by atomic mass is 35.5. The van der Waals surface area contributed by atoms with Gasteiger partial charge in [0.2, 0.25) is 0 Å². The molecule has 0 spiro atoms. The van der Waals surface area contributed by atoms with Crippen LogP contribution in [-0.4, -0.2) is 18.0 Å². The van der Waals surface area contributed by atoms with Crippen LogP contribution in [0.3, 0.4) is 0 Å². The highest BCUT2D eigenvalue weighted by molar-refractivity contribution is 6.21. The normalized spacial score (nSPS) is 36.4. The topological polar surface area (TPSA) is 12.0 Å². The van der Waals surface area contributed by atoms with E-state index in [9.17, 15) is 0 Å². The van der Waals surface area contributed by atoms with Crippen molar-refractivity contribution in [2.75, 3.05) is 6.54 Å². The van der Waals surface area contributed by atoms with Crippen molar-refractivity contribution >= 4 is 11.6 Å². The number of halogens is 1. The van der Waals surface area contributed by atoms with Crippen LogP contribution < -0.4 is 5.32 Å². The monoisotopic (exact) mass is 215 g/mol. The van der Waals surface area contributed by atoms with Gasteiger partial charge in [-0.1, -0.05) is 26.2 Å². The third kappa shape index (κ3) is 2.43. The molecule has 2 unspecified atom stereocenters. The van der Waals surface area contributed by atoms with E-state index >= 15 is 0 Å². The fourth-order valence-electron chi connectivity index (χ4n) is 2.65. The lowest BCUT2D eigenvalue weighted by atomic mass is 9.70. The molecule has 14 heavy (non-hydrogen) atoms. The van der Waals surface area contributed by atoms with E-state index in [-0.39, 0.29) is 0 Å². The summed E-state index contributed by atoms with van der Waals surface area (Å²) in [5, 5.41) is 4.06. The average Bonchev–Trinajstić information content (AvgIpc) is 2.14. The van der Waals surface area contributed by atoms with Crippen molar-refractivity contribution in [1.82, 2.24) is 5.32 Å². The largest absolute Gasteiger partial charge is 0.312 e. The van der Waals surface area contributed by atoms with Gasteiger partial charge in [0.15, 0.2) is 0 Å². The molecule has 0 heterocycles. The Kier molecular flexibility index (Phi) is 3.38. The maximum atomic E-state index is 6.31. The maximum absolute atomic E-state index is 6.31. The fourth-order valence-corrected chi connectivity index (χ4v) is 3.02. The first-order valence-electron chi connectivity index (χ1n) is 6.07. The molecule has 0 saturated heterocycles. The van der Waals surface area contributed by atoms with Crippen LogP contribution in [-0.2, 0) is 0 Å². The molecule has 2 aliphatic rings. The molecule has 0 aromatic rings. The molecule has 0 aliphatic heterocycles. The van der Waals surface area contributed by atoms with Gasteiger partial charge in [-0.25, -0.2) is 0 Å². The van der Waals surface area contributed by atoms with Crippen molar-refractivity contribution in [3.8, 4) is 0 Å². The van der Waals surface area contributed by atoms with Gasteiger partial charge in [0.1, 0.15) is 0 Å². The van der Waals surface area contributed by atoms with Crippen molar-refractivity contribution in [3.63, 3.8) is 0 Å². The molecule has 2 aliphatic carbocycles. The Labute approximate surface area is 92.6 Å². The SMILES string of the molecule is CC1(CNC2CCCCC2Cl)CCC1. The molecule has 1 N–H and O–H groups in total. The molecule has 2 fully saturated rings. The summed E-state index contributed by atoms with van der Waals surface area (Å²) in [7, 11) is 0. The van der Waals surface area contributed by atoms with Crippen LogP contribution in [0.1, 0.15) is 51.9 Å². The van der Waals surface area contributed by atoms with Crippen molar-refractivity contribution < 1.29 is 0 Å². The zero-order valence-corrected chi connectivity index (χ0v) is 9.95. The average molecular weight is 216 g/mol. The van der Waals surface area contributed by atoms with Crippen LogP contribution in [0.2, 0.25) is 0 Å². The van der Waals surface area contributed by atoms with Crippen molar-refractivity contribution in [3.05, 3.63) is 0 Å². The van der Waals surface area contributed by atoms with Crippen molar-refractivity contribution in [1.29, 1.82) is 0 Å². The molecule has 82 valence electrons. The van der Waals surface area contributed by atoms with E-state index in [1.165, 1.54) is 51.5 Å². The number of rotatable bonds is 3. The van der Waals surface area contributed by atoms with E-state index in [1.807, 2.05) is 0 Å². The number of nitrogens with one attached hydrogen (secondary N) is 1. The Morgan fingerprint density at radius 2 is 1.93 bits per heavy atom. The molecule has 0 aromatic carbocycles. The summed E-state index contributed by atoms with van der Waals surface area (Å²) in [4.78, 5) is 0. The first-order valence-corrected chi connectivity index (χ1v) is 6.51. The lowest BCUT2D eigenvalue weighted by molar-refractivity contribution is 0.146. The summed E-state index contributed by atoms with van der Waals surface area (Å²) >= 11 is 6.31. The summed E-state index contributed by atoms with van der Waals surface area (Å²) in [6.45, 7) is 3.58. The maximum Gasteiger partial charge on any atom is 0.0489 e. The summed E-state index contributed by atoms with van der Waals surface area (Å²) in [5.41, 5.74) is 0.591. The Bertz CT molecular complexity index is 189. The summed E-state index contributed by atoms with van der Waals surface area (Å²) in [6.07, 6.45) is 9.40. The Morgan fingerprint density at radius 3 is 2.50 bits per heavy atom. The minimum Gasteiger partial charge on any atom is -0.312 e. The molecule has 2 heteroatoms. The summed E-state index contributed by atoms with van der Waals surface area (Å²) in [6, 6.07) is 0.586. The third-order valence-corrected chi connectivity index (χ3v) is 4.56. The van der Waals surface area contributed by atoms with Crippen LogP contribution in [0.15, 0.2) is 0 Å². The predicted molar refractivity (Wildman–Crippen MR) is 61.9 cm³/mol. The third-order valence-electron chi connectivity index (χ3n) is 4.03. The summed E-state index contributed by atoms with van der Waals surface area (Å²) < 4.78 is 0. The second kappa shape index (κ2) is 4.40. The molecule has 2 saturated carbocycles. The number of hydrogen-bond donors (Lipinski definition) is 1. The second-order valence-corrected chi connectivity index (χ2v) is 6.01. The van der Waals surface area contributed by atoms with E-state index in [0.717, 1.165) is 0 Å². The van der Waals surface area contributed by atoms with Crippen LogP contribution in [0.25, 0.3) is 0 Å². The first kappa shape index (κ1) is 10.8. The van der Waals surface area contributed by atoms with E-state index in [2.05, 4.69) is 12.2 Å². The minimum atomic E-state index is 0.382. The molecule has 0 aromatic heterocycles. The van der Waals surface area contributed by atoms with Gasteiger partial charge in [-0.15, -0.1) is 11.6 Å². The number of alkyl halides is 1. The minimum absolute atomic E-state index is 0.382. The lowest BCUT2D eigenvalue weighted by Crippen LogP contribution is -2.46. The van der Waals surface area contributed by atoms with Crippen LogP contribution in [0.4, 0.5) is 0 Å². The fraction of sp³-hybridized carbons (Fsp3) is 1.00. The van der Waals surface area contributed by atoms with Gasteiger partial charge in [-0.05, 0) is 31.1 Å². The van der Waals surface area contributed by atoms with Crippen LogP contribution in [0.5, 0.6) is 0 Å². The van der Waals surface area contributed by atoms with Crippen molar-refractivity contribution in [2.24, 2.45) is 5.41 Å². The van der Waals surface area contributed by atoms with Crippen molar-refractivity contribution in [2.45, 2.75) is 63.3 Å². The van der Waals surface area contributed by atoms with E-state index in [0.29, 0.717) is 16.8 Å². The van der Waals surface area contributed by atoms with Gasteiger partial charge in [0, 0.05) is 18.0 Å². The van der Waals surface area contributed by atoms with Gasteiger partial charge in [-0.3, -0.25) is 0 Å². The van der Waals surface area contributed by atoms with Gasteiger partial charge in [0.25, 0.3) is 0 Å². The zero-order valence-electron chi connectivity index (χ0n) is 9.19. The quantitative estimate of drug-likeness (QED) is 0.713. The van der Waals surface area contributed by atoms with Gasteiger partial charge in [0.05, 0.1) is 0 Å². The summed E-state index contributed by atoms with van der Waals surface area (Å²) in [5.74, 6) is 0.